The van der Waals surface area contributed by atoms with Gasteiger partial charge in [0.1, 0.15) is 0 Å². The van der Waals surface area contributed by atoms with Gasteiger partial charge in [0.05, 0.1) is 25.7 Å². The van der Waals surface area contributed by atoms with Gasteiger partial charge < -0.3 is 14.0 Å². The lowest BCUT2D eigenvalue weighted by atomic mass is 9.98. The quantitative estimate of drug-likeness (QED) is 0.839. The molecule has 118 valence electrons. The Kier molecular flexibility index (Phi) is 4.40. The van der Waals surface area contributed by atoms with E-state index < -0.39 is 0 Å². The van der Waals surface area contributed by atoms with Gasteiger partial charge in [0.25, 0.3) is 0 Å². The molecule has 1 aliphatic rings. The van der Waals surface area contributed by atoms with Gasteiger partial charge in [-0.3, -0.25) is 4.90 Å². The second-order valence-electron chi connectivity index (χ2n) is 5.68. The maximum Gasteiger partial charge on any atom is 0.217 e. The molecular weight excluding hydrogens is 280 g/mol. The van der Waals surface area contributed by atoms with Crippen LogP contribution in [0.15, 0.2) is 24.7 Å². The zero-order valence-corrected chi connectivity index (χ0v) is 13.3. The van der Waals surface area contributed by atoms with E-state index in [-0.39, 0.29) is 0 Å². The third-order valence-corrected chi connectivity index (χ3v) is 4.11. The molecule has 2 aromatic heterocycles. The van der Waals surface area contributed by atoms with Crippen molar-refractivity contribution in [1.82, 2.24) is 19.4 Å². The van der Waals surface area contributed by atoms with Gasteiger partial charge in [-0.2, -0.15) is 0 Å². The fraction of sp³-hybridized carbons (Fsp3) is 0.500. The van der Waals surface area contributed by atoms with Crippen LogP contribution >= 0.6 is 0 Å². The SMILES string of the molecule is COC[C@H]1CN(Cc2cccnc2OC)Cc2ncn(C)c21. The number of ether oxygens (including phenoxy) is 2. The molecule has 1 atom stereocenters. The van der Waals surface area contributed by atoms with E-state index in [9.17, 15) is 0 Å². The molecule has 0 fully saturated rings. The zero-order chi connectivity index (χ0) is 15.5. The molecule has 0 bridgehead atoms. The fourth-order valence-electron chi connectivity index (χ4n) is 3.23. The van der Waals surface area contributed by atoms with Gasteiger partial charge in [0, 0.05) is 57.2 Å². The molecule has 1 aliphatic heterocycles. The summed E-state index contributed by atoms with van der Waals surface area (Å²) in [6, 6.07) is 4.01. The summed E-state index contributed by atoms with van der Waals surface area (Å²) in [4.78, 5) is 11.2. The topological polar surface area (TPSA) is 52.4 Å². The van der Waals surface area contributed by atoms with E-state index in [1.165, 1.54) is 5.69 Å². The molecular formula is C16H22N4O2. The first-order chi connectivity index (χ1) is 10.7. The highest BCUT2D eigenvalue weighted by atomic mass is 16.5. The monoisotopic (exact) mass is 302 g/mol. The number of aryl methyl sites for hydroxylation is 1. The van der Waals surface area contributed by atoms with Crippen molar-refractivity contribution in [3.63, 3.8) is 0 Å². The molecule has 0 aromatic carbocycles. The van der Waals surface area contributed by atoms with Crippen LogP contribution in [0.1, 0.15) is 22.9 Å². The van der Waals surface area contributed by atoms with Crippen molar-refractivity contribution >= 4 is 0 Å². The number of imidazole rings is 1. The van der Waals surface area contributed by atoms with Gasteiger partial charge in [-0.1, -0.05) is 6.07 Å². The van der Waals surface area contributed by atoms with Crippen molar-refractivity contribution in [2.24, 2.45) is 7.05 Å². The molecule has 0 N–H and O–H groups in total. The molecule has 6 nitrogen and oxygen atoms in total. The summed E-state index contributed by atoms with van der Waals surface area (Å²) in [5.41, 5.74) is 3.52. The Morgan fingerprint density at radius 3 is 2.95 bits per heavy atom. The van der Waals surface area contributed by atoms with E-state index >= 15 is 0 Å². The Morgan fingerprint density at radius 2 is 2.18 bits per heavy atom. The third kappa shape index (κ3) is 2.84. The van der Waals surface area contributed by atoms with E-state index in [4.69, 9.17) is 9.47 Å². The average Bonchev–Trinajstić information content (AvgIpc) is 2.90. The fourth-order valence-corrected chi connectivity index (χ4v) is 3.23. The van der Waals surface area contributed by atoms with Crippen LogP contribution in [-0.4, -0.2) is 46.8 Å². The summed E-state index contributed by atoms with van der Waals surface area (Å²) in [5, 5.41) is 0. The second-order valence-corrected chi connectivity index (χ2v) is 5.68. The summed E-state index contributed by atoms with van der Waals surface area (Å²) in [6.45, 7) is 3.29. The first kappa shape index (κ1) is 15.0. The predicted molar refractivity (Wildman–Crippen MR) is 82.7 cm³/mol. The summed E-state index contributed by atoms with van der Waals surface area (Å²) < 4.78 is 12.9. The molecule has 0 unspecified atom stereocenters. The molecule has 3 heterocycles. The maximum atomic E-state index is 5.40. The van der Waals surface area contributed by atoms with Crippen molar-refractivity contribution in [1.29, 1.82) is 0 Å². The lowest BCUT2D eigenvalue weighted by Crippen LogP contribution is -2.35. The number of rotatable bonds is 5. The first-order valence-corrected chi connectivity index (χ1v) is 7.42. The van der Waals surface area contributed by atoms with Crippen LogP contribution < -0.4 is 4.74 Å². The summed E-state index contributed by atoms with van der Waals surface area (Å²) >= 11 is 0. The number of methoxy groups -OCH3 is 2. The number of fused-ring (bicyclic) bond motifs is 1. The zero-order valence-electron chi connectivity index (χ0n) is 13.3. The lowest BCUT2D eigenvalue weighted by Gasteiger charge is -2.32. The second kappa shape index (κ2) is 6.46. The summed E-state index contributed by atoms with van der Waals surface area (Å²) in [6.07, 6.45) is 3.64. The van der Waals surface area contributed by atoms with Gasteiger partial charge in [0.2, 0.25) is 5.88 Å². The normalized spacial score (nSPS) is 18.2. The minimum absolute atomic E-state index is 0.337. The van der Waals surface area contributed by atoms with Crippen molar-refractivity contribution in [2.75, 3.05) is 27.4 Å². The standard InChI is InChI=1S/C16H22N4O2/c1-19-11-18-14-9-20(8-13(10-21-2)15(14)19)7-12-5-4-6-17-16(12)22-3/h4-6,11,13H,7-10H2,1-3H3/t13-/m1/s1. The van der Waals surface area contributed by atoms with E-state index in [2.05, 4.69) is 25.5 Å². The van der Waals surface area contributed by atoms with Crippen LogP contribution in [0.2, 0.25) is 0 Å². The van der Waals surface area contributed by atoms with Gasteiger partial charge >= 0.3 is 0 Å². The number of aromatic nitrogens is 3. The molecule has 0 saturated carbocycles. The van der Waals surface area contributed by atoms with E-state index in [0.717, 1.165) is 30.9 Å². The maximum absolute atomic E-state index is 5.40. The molecule has 2 aromatic rings. The minimum atomic E-state index is 0.337. The van der Waals surface area contributed by atoms with Crippen LogP contribution in [-0.2, 0) is 24.9 Å². The first-order valence-electron chi connectivity index (χ1n) is 7.42. The van der Waals surface area contributed by atoms with Gasteiger partial charge in [-0.15, -0.1) is 0 Å². The molecule has 0 amide bonds. The van der Waals surface area contributed by atoms with Crippen molar-refractivity contribution < 1.29 is 9.47 Å². The summed E-state index contributed by atoms with van der Waals surface area (Å²) in [5.74, 6) is 1.03. The largest absolute Gasteiger partial charge is 0.481 e. The Hall–Kier alpha value is -1.92. The number of hydrogen-bond acceptors (Lipinski definition) is 5. The van der Waals surface area contributed by atoms with Crippen molar-refractivity contribution in [3.05, 3.63) is 41.6 Å². The molecule has 0 spiro atoms. The molecule has 0 aliphatic carbocycles. The molecule has 6 heteroatoms. The Morgan fingerprint density at radius 1 is 1.32 bits per heavy atom. The molecule has 3 rings (SSSR count). The van der Waals surface area contributed by atoms with Crippen LogP contribution in [0.25, 0.3) is 0 Å². The highest BCUT2D eigenvalue weighted by Crippen LogP contribution is 2.29. The molecule has 0 radical (unpaired) electrons. The van der Waals surface area contributed by atoms with E-state index in [0.29, 0.717) is 18.4 Å². The van der Waals surface area contributed by atoms with Gasteiger partial charge in [-0.25, -0.2) is 9.97 Å². The third-order valence-electron chi connectivity index (χ3n) is 4.11. The molecule has 0 saturated heterocycles. The Balaban J connectivity index is 1.82. The Labute approximate surface area is 130 Å². The van der Waals surface area contributed by atoms with Crippen LogP contribution in [0.4, 0.5) is 0 Å². The van der Waals surface area contributed by atoms with Crippen molar-refractivity contribution in [3.8, 4) is 5.88 Å². The number of hydrogen-bond donors (Lipinski definition) is 0. The Bertz CT molecular complexity index is 641. The van der Waals surface area contributed by atoms with E-state index in [1.54, 1.807) is 20.4 Å². The molecule has 22 heavy (non-hydrogen) atoms. The lowest BCUT2D eigenvalue weighted by molar-refractivity contribution is 0.131. The van der Waals surface area contributed by atoms with Crippen LogP contribution in [0, 0.1) is 0 Å². The predicted octanol–water partition coefficient (Wildman–Crippen LogP) is 1.57. The summed E-state index contributed by atoms with van der Waals surface area (Å²) in [7, 11) is 5.46. The number of nitrogens with zero attached hydrogens (tertiary/aromatic N) is 4. The number of pyridine rings is 1. The highest BCUT2D eigenvalue weighted by molar-refractivity contribution is 5.27. The van der Waals surface area contributed by atoms with Crippen LogP contribution in [0.3, 0.4) is 0 Å². The average molecular weight is 302 g/mol. The minimum Gasteiger partial charge on any atom is -0.481 e. The van der Waals surface area contributed by atoms with E-state index in [1.807, 2.05) is 19.4 Å². The van der Waals surface area contributed by atoms with Gasteiger partial charge in [-0.05, 0) is 6.07 Å². The van der Waals surface area contributed by atoms with Gasteiger partial charge in [0.15, 0.2) is 0 Å². The van der Waals surface area contributed by atoms with Crippen LogP contribution in [0.5, 0.6) is 5.88 Å². The van der Waals surface area contributed by atoms with Crippen molar-refractivity contribution in [2.45, 2.75) is 19.0 Å². The highest BCUT2D eigenvalue weighted by Gasteiger charge is 2.29. The smallest absolute Gasteiger partial charge is 0.217 e.